The van der Waals surface area contributed by atoms with Gasteiger partial charge in [-0.2, -0.15) is 5.10 Å². The van der Waals surface area contributed by atoms with Gasteiger partial charge in [0.25, 0.3) is 15.7 Å². The normalized spacial score (nSPS) is 11.7. The predicted octanol–water partition coefficient (Wildman–Crippen LogP) is 5.00. The Balaban J connectivity index is 2.02. The highest BCUT2D eigenvalue weighted by atomic mass is 79.9. The van der Waals surface area contributed by atoms with Crippen LogP contribution in [0.1, 0.15) is 12.5 Å². The highest BCUT2D eigenvalue weighted by Gasteiger charge is 2.24. The SMILES string of the molecule is COc1ccccc1NS(=O)(=O)c1cc([N+](=O)[O-])ccc1NN=C(C)c1ccccc1Br. The largest absolute Gasteiger partial charge is 0.495 e. The third-order valence-corrected chi connectivity index (χ3v) is 6.52. The van der Waals surface area contributed by atoms with E-state index in [1.807, 2.05) is 24.3 Å². The number of methoxy groups -OCH3 is 1. The molecular formula is C21H19BrN4O5S. The maximum atomic E-state index is 13.1. The number of nitro benzene ring substituents is 1. The Morgan fingerprint density at radius 2 is 1.75 bits per heavy atom. The van der Waals surface area contributed by atoms with E-state index in [1.165, 1.54) is 25.3 Å². The molecule has 0 aliphatic carbocycles. The maximum absolute atomic E-state index is 13.1. The van der Waals surface area contributed by atoms with E-state index in [4.69, 9.17) is 4.74 Å². The van der Waals surface area contributed by atoms with E-state index < -0.39 is 14.9 Å². The van der Waals surface area contributed by atoms with Crippen LogP contribution in [0, 0.1) is 10.1 Å². The van der Waals surface area contributed by atoms with Crippen molar-refractivity contribution in [3.8, 4) is 5.75 Å². The van der Waals surface area contributed by atoms with Gasteiger partial charge in [-0.05, 0) is 31.2 Å². The molecule has 0 spiro atoms. The molecule has 0 unspecified atom stereocenters. The average Bonchev–Trinajstić information content (AvgIpc) is 2.77. The van der Waals surface area contributed by atoms with E-state index in [0.29, 0.717) is 11.5 Å². The summed E-state index contributed by atoms with van der Waals surface area (Å²) in [4.78, 5) is 10.3. The smallest absolute Gasteiger partial charge is 0.270 e. The Morgan fingerprint density at radius 1 is 1.06 bits per heavy atom. The van der Waals surface area contributed by atoms with E-state index in [1.54, 1.807) is 25.1 Å². The molecule has 11 heteroatoms. The molecule has 0 heterocycles. The number of para-hydroxylation sites is 2. The van der Waals surface area contributed by atoms with Crippen LogP contribution in [0.4, 0.5) is 17.1 Å². The lowest BCUT2D eigenvalue weighted by Gasteiger charge is -2.14. The number of rotatable bonds is 8. The second-order valence-corrected chi connectivity index (χ2v) is 9.04. The van der Waals surface area contributed by atoms with Crippen molar-refractivity contribution >= 4 is 48.7 Å². The highest BCUT2D eigenvalue weighted by Crippen LogP contribution is 2.31. The zero-order valence-corrected chi connectivity index (χ0v) is 19.5. The first-order valence-corrected chi connectivity index (χ1v) is 11.5. The monoisotopic (exact) mass is 518 g/mol. The standard InChI is InChI=1S/C21H19BrN4O5S/c1-14(16-7-3-4-8-17(16)22)23-24-19-12-11-15(26(27)28)13-21(19)32(29,30)25-18-9-5-6-10-20(18)31-2/h3-13,24-25H,1-2H3. The average molecular weight is 519 g/mol. The Morgan fingerprint density at radius 3 is 2.44 bits per heavy atom. The third kappa shape index (κ3) is 5.24. The van der Waals surface area contributed by atoms with Gasteiger partial charge in [0.2, 0.25) is 0 Å². The van der Waals surface area contributed by atoms with Gasteiger partial charge in [-0.25, -0.2) is 8.42 Å². The Labute approximate surface area is 193 Å². The number of hydrazone groups is 1. The molecule has 0 bridgehead atoms. The fraction of sp³-hybridized carbons (Fsp3) is 0.0952. The number of non-ortho nitro benzene ring substituents is 1. The van der Waals surface area contributed by atoms with Gasteiger partial charge in [0.15, 0.2) is 0 Å². The van der Waals surface area contributed by atoms with Crippen molar-refractivity contribution in [2.75, 3.05) is 17.3 Å². The summed E-state index contributed by atoms with van der Waals surface area (Å²) in [6.07, 6.45) is 0. The number of benzene rings is 3. The van der Waals surface area contributed by atoms with Gasteiger partial charge < -0.3 is 4.74 Å². The first kappa shape index (κ1) is 23.2. The molecule has 9 nitrogen and oxygen atoms in total. The minimum atomic E-state index is -4.23. The summed E-state index contributed by atoms with van der Waals surface area (Å²) in [6, 6.07) is 17.3. The lowest BCUT2D eigenvalue weighted by molar-refractivity contribution is -0.385. The third-order valence-electron chi connectivity index (χ3n) is 4.42. The van der Waals surface area contributed by atoms with Crippen LogP contribution >= 0.6 is 15.9 Å². The summed E-state index contributed by atoms with van der Waals surface area (Å²) in [5.41, 5.74) is 4.00. The molecule has 166 valence electrons. The second-order valence-electron chi connectivity index (χ2n) is 6.53. The van der Waals surface area contributed by atoms with Crippen LogP contribution in [0.2, 0.25) is 0 Å². The number of anilines is 2. The summed E-state index contributed by atoms with van der Waals surface area (Å²) in [5.74, 6) is 0.304. The number of hydrogen-bond donors (Lipinski definition) is 2. The number of nitrogens with one attached hydrogen (secondary N) is 2. The van der Waals surface area contributed by atoms with Crippen molar-refractivity contribution in [2.24, 2.45) is 5.10 Å². The molecule has 3 aromatic carbocycles. The van der Waals surface area contributed by atoms with Crippen LogP contribution in [0.3, 0.4) is 0 Å². The maximum Gasteiger partial charge on any atom is 0.270 e. The van der Waals surface area contributed by atoms with Gasteiger partial charge in [0.05, 0.1) is 29.1 Å². The zero-order chi connectivity index (χ0) is 23.3. The lowest BCUT2D eigenvalue weighted by Crippen LogP contribution is -2.16. The summed E-state index contributed by atoms with van der Waals surface area (Å²) in [6.45, 7) is 1.75. The fourth-order valence-electron chi connectivity index (χ4n) is 2.83. The molecular weight excluding hydrogens is 500 g/mol. The van der Waals surface area contributed by atoms with E-state index in [9.17, 15) is 18.5 Å². The molecule has 0 saturated carbocycles. The summed E-state index contributed by atoms with van der Waals surface area (Å²) in [7, 11) is -2.82. The minimum absolute atomic E-state index is 0.0735. The van der Waals surface area contributed by atoms with Gasteiger partial charge in [0.1, 0.15) is 10.6 Å². The molecule has 0 aliphatic heterocycles. The summed E-state index contributed by atoms with van der Waals surface area (Å²) in [5, 5.41) is 15.5. The van der Waals surface area contributed by atoms with Crippen LogP contribution in [0.5, 0.6) is 5.75 Å². The van der Waals surface area contributed by atoms with Crippen molar-refractivity contribution in [2.45, 2.75) is 11.8 Å². The van der Waals surface area contributed by atoms with Gasteiger partial charge in [-0.3, -0.25) is 20.3 Å². The minimum Gasteiger partial charge on any atom is -0.495 e. The highest BCUT2D eigenvalue weighted by molar-refractivity contribution is 9.10. The molecule has 0 amide bonds. The lowest BCUT2D eigenvalue weighted by atomic mass is 10.1. The molecule has 0 aromatic heterocycles. The number of nitro groups is 1. The van der Waals surface area contributed by atoms with E-state index in [0.717, 1.165) is 16.1 Å². The topological polar surface area (TPSA) is 123 Å². The van der Waals surface area contributed by atoms with Gasteiger partial charge in [0, 0.05) is 22.2 Å². The molecule has 3 aromatic rings. The van der Waals surface area contributed by atoms with Crippen molar-refractivity contribution < 1.29 is 18.1 Å². The van der Waals surface area contributed by atoms with Crippen LogP contribution in [-0.4, -0.2) is 26.2 Å². The molecule has 2 N–H and O–H groups in total. The second kappa shape index (κ2) is 9.79. The molecule has 0 atom stereocenters. The van der Waals surface area contributed by atoms with Crippen molar-refractivity contribution in [1.29, 1.82) is 0 Å². The summed E-state index contributed by atoms with van der Waals surface area (Å²) < 4.78 is 34.7. The van der Waals surface area contributed by atoms with E-state index >= 15 is 0 Å². The van der Waals surface area contributed by atoms with Crippen molar-refractivity contribution in [3.05, 3.63) is 86.9 Å². The molecule has 0 saturated heterocycles. The van der Waals surface area contributed by atoms with Crippen LogP contribution in [0.25, 0.3) is 0 Å². The first-order chi connectivity index (χ1) is 15.2. The molecule has 0 aliphatic rings. The van der Waals surface area contributed by atoms with Crippen LogP contribution in [0.15, 0.2) is 81.2 Å². The number of hydrogen-bond acceptors (Lipinski definition) is 7. The number of ether oxygens (including phenoxy) is 1. The van der Waals surface area contributed by atoms with E-state index in [2.05, 4.69) is 31.2 Å². The summed E-state index contributed by atoms with van der Waals surface area (Å²) >= 11 is 3.44. The number of sulfonamides is 1. The van der Waals surface area contributed by atoms with Crippen LogP contribution in [-0.2, 0) is 10.0 Å². The van der Waals surface area contributed by atoms with Crippen LogP contribution < -0.4 is 14.9 Å². The van der Waals surface area contributed by atoms with E-state index in [-0.39, 0.29) is 22.0 Å². The first-order valence-electron chi connectivity index (χ1n) is 9.22. The number of nitrogens with zero attached hydrogens (tertiary/aromatic N) is 2. The number of halogens is 1. The molecule has 0 radical (unpaired) electrons. The van der Waals surface area contributed by atoms with Gasteiger partial charge in [-0.15, -0.1) is 0 Å². The quantitative estimate of drug-likeness (QED) is 0.245. The molecule has 32 heavy (non-hydrogen) atoms. The predicted molar refractivity (Wildman–Crippen MR) is 127 cm³/mol. The molecule has 0 fully saturated rings. The Bertz CT molecular complexity index is 1290. The van der Waals surface area contributed by atoms with Gasteiger partial charge >= 0.3 is 0 Å². The zero-order valence-electron chi connectivity index (χ0n) is 17.1. The molecule has 3 rings (SSSR count). The van der Waals surface area contributed by atoms with Gasteiger partial charge in [-0.1, -0.05) is 46.3 Å². The van der Waals surface area contributed by atoms with Crippen molar-refractivity contribution in [3.63, 3.8) is 0 Å². The Kier molecular flexibility index (Phi) is 7.11. The fourth-order valence-corrected chi connectivity index (χ4v) is 4.65. The Hall–Kier alpha value is -3.44. The van der Waals surface area contributed by atoms with Crippen molar-refractivity contribution in [1.82, 2.24) is 0 Å².